The molecule has 1 N–H and O–H groups in total. The number of hydrogen-bond acceptors (Lipinski definition) is 4. The standard InChI is InChI=1S/C11H19N3O4S/c1-13(19(2,17)18)7-10(15)12-8-5-11(16)14(6-8)9-3-4-9/h8-9H,3-7H2,1-2H3,(H,12,15). The molecule has 1 aliphatic carbocycles. The first-order valence-corrected chi connectivity index (χ1v) is 8.12. The van der Waals surface area contributed by atoms with Crippen LogP contribution in [0.25, 0.3) is 0 Å². The number of sulfonamides is 1. The molecule has 1 saturated heterocycles. The monoisotopic (exact) mass is 289 g/mol. The number of nitrogens with one attached hydrogen (secondary N) is 1. The van der Waals surface area contributed by atoms with Gasteiger partial charge >= 0.3 is 0 Å². The Kier molecular flexibility index (Phi) is 3.82. The van der Waals surface area contributed by atoms with Gasteiger partial charge in [-0.1, -0.05) is 0 Å². The summed E-state index contributed by atoms with van der Waals surface area (Å²) in [6, 6.07) is 0.154. The summed E-state index contributed by atoms with van der Waals surface area (Å²) in [4.78, 5) is 25.2. The van der Waals surface area contributed by atoms with Crippen LogP contribution in [-0.4, -0.2) is 67.9 Å². The molecule has 1 saturated carbocycles. The van der Waals surface area contributed by atoms with Crippen LogP contribution in [0.15, 0.2) is 0 Å². The van der Waals surface area contributed by atoms with E-state index in [9.17, 15) is 18.0 Å². The third kappa shape index (κ3) is 3.66. The molecule has 1 atom stereocenters. The molecule has 2 aliphatic rings. The summed E-state index contributed by atoms with van der Waals surface area (Å²) in [5.41, 5.74) is 0. The minimum absolute atomic E-state index is 0.0734. The first-order valence-electron chi connectivity index (χ1n) is 6.27. The van der Waals surface area contributed by atoms with Gasteiger partial charge in [-0.15, -0.1) is 0 Å². The summed E-state index contributed by atoms with van der Waals surface area (Å²) in [6.07, 6.45) is 3.45. The van der Waals surface area contributed by atoms with E-state index < -0.39 is 10.0 Å². The van der Waals surface area contributed by atoms with E-state index in [2.05, 4.69) is 5.32 Å². The van der Waals surface area contributed by atoms with Gasteiger partial charge in [0.2, 0.25) is 21.8 Å². The zero-order chi connectivity index (χ0) is 14.2. The van der Waals surface area contributed by atoms with Gasteiger partial charge in [-0.2, -0.15) is 4.31 Å². The van der Waals surface area contributed by atoms with Gasteiger partial charge in [-0.25, -0.2) is 8.42 Å². The average molecular weight is 289 g/mol. The van der Waals surface area contributed by atoms with Gasteiger partial charge in [0.15, 0.2) is 0 Å². The second-order valence-corrected chi connectivity index (χ2v) is 7.35. The molecule has 1 aliphatic heterocycles. The molecule has 0 aromatic carbocycles. The van der Waals surface area contributed by atoms with Crippen molar-refractivity contribution in [3.05, 3.63) is 0 Å². The van der Waals surface area contributed by atoms with Crippen LogP contribution in [0.3, 0.4) is 0 Å². The highest BCUT2D eigenvalue weighted by Crippen LogP contribution is 2.30. The first-order chi connectivity index (χ1) is 8.77. The predicted octanol–water partition coefficient (Wildman–Crippen LogP) is -1.24. The number of hydrogen-bond donors (Lipinski definition) is 1. The minimum atomic E-state index is -3.36. The van der Waals surface area contributed by atoms with Crippen molar-refractivity contribution in [3.8, 4) is 0 Å². The highest BCUT2D eigenvalue weighted by atomic mass is 32.2. The fourth-order valence-electron chi connectivity index (χ4n) is 2.16. The summed E-state index contributed by atoms with van der Waals surface area (Å²) in [6.45, 7) is 0.324. The van der Waals surface area contributed by atoms with Gasteiger partial charge in [0.25, 0.3) is 0 Å². The molecular weight excluding hydrogens is 270 g/mol. The fourth-order valence-corrected chi connectivity index (χ4v) is 2.51. The van der Waals surface area contributed by atoms with Gasteiger partial charge in [-0.05, 0) is 12.8 Å². The fraction of sp³-hybridized carbons (Fsp3) is 0.818. The predicted molar refractivity (Wildman–Crippen MR) is 68.8 cm³/mol. The first kappa shape index (κ1) is 14.3. The molecule has 2 fully saturated rings. The van der Waals surface area contributed by atoms with Crippen molar-refractivity contribution in [2.45, 2.75) is 31.3 Å². The molecule has 0 aromatic heterocycles. The lowest BCUT2D eigenvalue weighted by Crippen LogP contribution is -2.43. The Morgan fingerprint density at radius 2 is 2.11 bits per heavy atom. The smallest absolute Gasteiger partial charge is 0.235 e. The van der Waals surface area contributed by atoms with Gasteiger partial charge in [-0.3, -0.25) is 9.59 Å². The lowest BCUT2D eigenvalue weighted by molar-refractivity contribution is -0.128. The molecule has 0 aromatic rings. The van der Waals surface area contributed by atoms with Crippen LogP contribution in [0, 0.1) is 0 Å². The number of likely N-dealkylation sites (tertiary alicyclic amines) is 1. The highest BCUT2D eigenvalue weighted by Gasteiger charge is 2.39. The molecule has 0 radical (unpaired) electrons. The van der Waals surface area contributed by atoms with Crippen molar-refractivity contribution in [1.29, 1.82) is 0 Å². The van der Waals surface area contributed by atoms with Crippen LogP contribution in [0.4, 0.5) is 0 Å². The topological polar surface area (TPSA) is 86.8 Å². The van der Waals surface area contributed by atoms with Crippen LogP contribution >= 0.6 is 0 Å². The summed E-state index contributed by atoms with van der Waals surface area (Å²) in [5.74, 6) is -0.298. The number of rotatable bonds is 5. The third-order valence-electron chi connectivity index (χ3n) is 3.44. The Hall–Kier alpha value is -1.15. The van der Waals surface area contributed by atoms with Gasteiger partial charge < -0.3 is 10.2 Å². The second-order valence-electron chi connectivity index (χ2n) is 5.26. The van der Waals surface area contributed by atoms with Crippen molar-refractivity contribution in [2.75, 3.05) is 26.4 Å². The Balaban J connectivity index is 1.82. The number of carbonyl (C=O) groups is 2. The Bertz CT molecular complexity index is 486. The number of nitrogens with zero attached hydrogens (tertiary/aromatic N) is 2. The van der Waals surface area contributed by atoms with Gasteiger partial charge in [0, 0.05) is 26.1 Å². The summed E-state index contributed by atoms with van der Waals surface area (Å²) in [7, 11) is -2.01. The molecule has 19 heavy (non-hydrogen) atoms. The van der Waals surface area contributed by atoms with Crippen LogP contribution in [0.1, 0.15) is 19.3 Å². The van der Waals surface area contributed by atoms with E-state index in [1.165, 1.54) is 7.05 Å². The average Bonchev–Trinajstić information content (AvgIpc) is 3.02. The minimum Gasteiger partial charge on any atom is -0.350 e. The summed E-state index contributed by atoms with van der Waals surface area (Å²) in [5, 5.41) is 2.72. The molecule has 0 bridgehead atoms. The molecule has 8 heteroatoms. The van der Waals surface area contributed by atoms with E-state index >= 15 is 0 Å². The lowest BCUT2D eigenvalue weighted by Gasteiger charge is -2.18. The van der Waals surface area contributed by atoms with E-state index in [4.69, 9.17) is 0 Å². The molecule has 2 amide bonds. The Labute approximate surface area is 113 Å². The van der Waals surface area contributed by atoms with Crippen molar-refractivity contribution < 1.29 is 18.0 Å². The lowest BCUT2D eigenvalue weighted by atomic mass is 10.2. The summed E-state index contributed by atoms with van der Waals surface area (Å²) < 4.78 is 23.4. The molecule has 0 spiro atoms. The molecule has 108 valence electrons. The van der Waals surface area contributed by atoms with E-state index in [-0.39, 0.29) is 24.4 Å². The van der Waals surface area contributed by atoms with E-state index in [1.54, 1.807) is 0 Å². The zero-order valence-corrected chi connectivity index (χ0v) is 11.9. The maximum Gasteiger partial charge on any atom is 0.235 e. The number of carbonyl (C=O) groups excluding carboxylic acids is 2. The highest BCUT2D eigenvalue weighted by molar-refractivity contribution is 7.88. The largest absolute Gasteiger partial charge is 0.350 e. The molecule has 1 unspecified atom stereocenters. The molecule has 2 rings (SSSR count). The SMILES string of the molecule is CN(CC(=O)NC1CC(=O)N(C2CC2)C1)S(C)(=O)=O. The van der Waals surface area contributed by atoms with Gasteiger partial charge in [0.05, 0.1) is 18.8 Å². The Morgan fingerprint density at radius 3 is 2.63 bits per heavy atom. The van der Waals surface area contributed by atoms with E-state index in [0.29, 0.717) is 19.0 Å². The van der Waals surface area contributed by atoms with E-state index in [1.807, 2.05) is 4.90 Å². The maximum atomic E-state index is 11.7. The zero-order valence-electron chi connectivity index (χ0n) is 11.1. The van der Waals surface area contributed by atoms with Crippen LogP contribution in [0.5, 0.6) is 0 Å². The normalized spacial score (nSPS) is 24.1. The van der Waals surface area contributed by atoms with Gasteiger partial charge in [0.1, 0.15) is 0 Å². The molecule has 1 heterocycles. The number of amides is 2. The second kappa shape index (κ2) is 5.09. The molecule has 7 nitrogen and oxygen atoms in total. The van der Waals surface area contributed by atoms with Crippen LogP contribution in [0.2, 0.25) is 0 Å². The molecular formula is C11H19N3O4S. The Morgan fingerprint density at radius 1 is 1.47 bits per heavy atom. The van der Waals surface area contributed by atoms with Crippen LogP contribution < -0.4 is 5.32 Å². The van der Waals surface area contributed by atoms with Crippen molar-refractivity contribution in [1.82, 2.24) is 14.5 Å². The van der Waals surface area contributed by atoms with Crippen molar-refractivity contribution in [2.24, 2.45) is 0 Å². The third-order valence-corrected chi connectivity index (χ3v) is 4.71. The van der Waals surface area contributed by atoms with E-state index in [0.717, 1.165) is 23.4 Å². The maximum absolute atomic E-state index is 11.7. The summed E-state index contributed by atoms with van der Waals surface area (Å²) >= 11 is 0. The number of likely N-dealkylation sites (N-methyl/N-ethyl adjacent to an activating group) is 1. The quantitative estimate of drug-likeness (QED) is 0.685. The van der Waals surface area contributed by atoms with Crippen molar-refractivity contribution >= 4 is 21.8 Å². The van der Waals surface area contributed by atoms with Crippen LogP contribution in [-0.2, 0) is 19.6 Å². The van der Waals surface area contributed by atoms with Crippen molar-refractivity contribution in [3.63, 3.8) is 0 Å².